The Bertz CT molecular complexity index is 1390. The number of hydrogen-bond donors (Lipinski definition) is 0. The van der Waals surface area contributed by atoms with Crippen LogP contribution in [0.2, 0.25) is 0 Å². The molecule has 0 bridgehead atoms. The van der Waals surface area contributed by atoms with E-state index in [-0.39, 0.29) is 6.10 Å². The molecular formula is C29H33N5O. The van der Waals surface area contributed by atoms with E-state index < -0.39 is 0 Å². The topological polar surface area (TPSA) is 46.4 Å². The smallest absolute Gasteiger partial charge is 0.213 e. The first-order chi connectivity index (χ1) is 17.0. The van der Waals surface area contributed by atoms with Crippen LogP contribution in [-0.4, -0.2) is 69.7 Å². The number of pyridine rings is 2. The van der Waals surface area contributed by atoms with Crippen molar-refractivity contribution in [3.05, 3.63) is 55.0 Å². The van der Waals surface area contributed by atoms with Gasteiger partial charge in [0.05, 0.1) is 5.52 Å². The summed E-state index contributed by atoms with van der Waals surface area (Å²) < 4.78 is 8.45. The summed E-state index contributed by atoms with van der Waals surface area (Å²) in [6, 6.07) is 14.2. The van der Waals surface area contributed by atoms with Crippen molar-refractivity contribution in [2.24, 2.45) is 12.5 Å². The molecule has 2 aliphatic carbocycles. The van der Waals surface area contributed by atoms with Crippen molar-refractivity contribution in [3.8, 4) is 17.0 Å². The second-order valence-electron chi connectivity index (χ2n) is 11.3. The summed E-state index contributed by atoms with van der Waals surface area (Å²) in [7, 11) is 6.66. The molecule has 1 aliphatic heterocycles. The lowest BCUT2D eigenvalue weighted by Gasteiger charge is -2.61. The van der Waals surface area contributed by atoms with Gasteiger partial charge >= 0.3 is 0 Å². The third-order valence-electron chi connectivity index (χ3n) is 8.94. The zero-order valence-corrected chi connectivity index (χ0v) is 20.8. The van der Waals surface area contributed by atoms with E-state index in [1.807, 2.05) is 24.7 Å². The molecule has 6 nitrogen and oxygen atoms in total. The maximum atomic E-state index is 6.21. The van der Waals surface area contributed by atoms with Crippen LogP contribution in [-0.2, 0) is 7.05 Å². The number of benzene rings is 1. The van der Waals surface area contributed by atoms with Crippen molar-refractivity contribution in [3.63, 3.8) is 0 Å². The molecule has 4 heterocycles. The number of ether oxygens (including phenoxy) is 1. The first-order valence-electron chi connectivity index (χ1n) is 12.8. The summed E-state index contributed by atoms with van der Waals surface area (Å²) in [5, 5.41) is 2.42. The van der Waals surface area contributed by atoms with Gasteiger partial charge in [0.15, 0.2) is 0 Å². The summed E-state index contributed by atoms with van der Waals surface area (Å²) in [5.41, 5.74) is 5.32. The Morgan fingerprint density at radius 3 is 2.46 bits per heavy atom. The van der Waals surface area contributed by atoms with Gasteiger partial charge in [0.25, 0.3) is 0 Å². The van der Waals surface area contributed by atoms with E-state index in [4.69, 9.17) is 4.74 Å². The van der Waals surface area contributed by atoms with Gasteiger partial charge in [-0.15, -0.1) is 0 Å². The fourth-order valence-electron chi connectivity index (χ4n) is 6.87. The van der Waals surface area contributed by atoms with Crippen LogP contribution >= 0.6 is 0 Å². The second kappa shape index (κ2) is 7.77. The molecule has 7 rings (SSSR count). The molecule has 1 aromatic carbocycles. The summed E-state index contributed by atoms with van der Waals surface area (Å²) in [5.74, 6) is 0.733. The Morgan fingerprint density at radius 1 is 0.914 bits per heavy atom. The lowest BCUT2D eigenvalue weighted by molar-refractivity contribution is -0.115. The predicted molar refractivity (Wildman–Crippen MR) is 140 cm³/mol. The van der Waals surface area contributed by atoms with Crippen LogP contribution < -0.4 is 4.74 Å². The number of nitrogens with zero attached hydrogens (tertiary/aromatic N) is 5. The molecular weight excluding hydrogens is 434 g/mol. The quantitative estimate of drug-likeness (QED) is 0.425. The number of fused-ring (bicyclic) bond motifs is 3. The van der Waals surface area contributed by atoms with Crippen LogP contribution in [0.15, 0.2) is 55.0 Å². The standard InChI is InChI=1S/C29H33N5O/c1-32-17-29(18-32)13-22(14-29)33(2)21-11-23(12-21)35-28-7-5-20(15-31-28)19-4-6-24-25-16-30-9-8-26(25)34(3)27(24)10-19/h4-10,15-16,21-23H,11-14,17-18H2,1-3H3. The van der Waals surface area contributed by atoms with Crippen LogP contribution in [0.25, 0.3) is 32.9 Å². The predicted octanol–water partition coefficient (Wildman–Crippen LogP) is 4.72. The van der Waals surface area contributed by atoms with Gasteiger partial charge in [0, 0.05) is 91.6 Å². The molecule has 0 amide bonds. The molecule has 3 aliphatic rings. The van der Waals surface area contributed by atoms with Crippen LogP contribution in [0.5, 0.6) is 5.88 Å². The summed E-state index contributed by atoms with van der Waals surface area (Å²) in [6.45, 7) is 2.59. The lowest BCUT2D eigenvalue weighted by atomic mass is 9.60. The van der Waals surface area contributed by atoms with Crippen molar-refractivity contribution in [2.45, 2.75) is 43.9 Å². The van der Waals surface area contributed by atoms with Gasteiger partial charge in [0.1, 0.15) is 6.10 Å². The van der Waals surface area contributed by atoms with E-state index >= 15 is 0 Å². The number of aryl methyl sites for hydroxylation is 1. The average Bonchev–Trinajstić information content (AvgIpc) is 3.09. The molecule has 35 heavy (non-hydrogen) atoms. The third-order valence-corrected chi connectivity index (χ3v) is 8.94. The Kier molecular flexibility index (Phi) is 4.74. The van der Waals surface area contributed by atoms with E-state index in [0.717, 1.165) is 35.9 Å². The van der Waals surface area contributed by atoms with E-state index in [2.05, 4.69) is 75.8 Å². The highest BCUT2D eigenvalue weighted by molar-refractivity contribution is 6.08. The highest BCUT2D eigenvalue weighted by Crippen LogP contribution is 2.50. The van der Waals surface area contributed by atoms with E-state index in [1.54, 1.807) is 0 Å². The molecule has 4 aromatic rings. The lowest BCUT2D eigenvalue weighted by Crippen LogP contribution is -2.66. The minimum absolute atomic E-state index is 0.283. The van der Waals surface area contributed by atoms with Gasteiger partial charge < -0.3 is 19.1 Å². The number of likely N-dealkylation sites (tertiary alicyclic amines) is 1. The first kappa shape index (κ1) is 21.3. The highest BCUT2D eigenvalue weighted by atomic mass is 16.5. The maximum Gasteiger partial charge on any atom is 0.213 e. The van der Waals surface area contributed by atoms with Crippen LogP contribution in [0.4, 0.5) is 0 Å². The first-order valence-corrected chi connectivity index (χ1v) is 12.8. The van der Waals surface area contributed by atoms with Crippen molar-refractivity contribution < 1.29 is 4.74 Å². The third kappa shape index (κ3) is 3.46. The molecule has 1 spiro atoms. The van der Waals surface area contributed by atoms with Gasteiger partial charge in [-0.25, -0.2) is 4.98 Å². The van der Waals surface area contributed by atoms with E-state index in [0.29, 0.717) is 11.5 Å². The summed E-state index contributed by atoms with van der Waals surface area (Å²) in [4.78, 5) is 14.0. The fraction of sp³-hybridized carbons (Fsp3) is 0.448. The fourth-order valence-corrected chi connectivity index (χ4v) is 6.87. The zero-order chi connectivity index (χ0) is 23.7. The molecule has 0 N–H and O–H groups in total. The Labute approximate surface area is 206 Å². The largest absolute Gasteiger partial charge is 0.474 e. The van der Waals surface area contributed by atoms with E-state index in [9.17, 15) is 0 Å². The summed E-state index contributed by atoms with van der Waals surface area (Å²) in [6.07, 6.45) is 11.0. The SMILES string of the molecule is CN1CC2(CC(N(C)C3CC(Oc4ccc(-c5ccc6c7cnccc7n(C)c6c5)cn4)C3)C2)C1. The van der Waals surface area contributed by atoms with Gasteiger partial charge in [0.2, 0.25) is 5.88 Å². The highest BCUT2D eigenvalue weighted by Gasteiger charge is 2.53. The minimum atomic E-state index is 0.283. The van der Waals surface area contributed by atoms with Crippen LogP contribution in [0.1, 0.15) is 25.7 Å². The van der Waals surface area contributed by atoms with Crippen molar-refractivity contribution in [2.75, 3.05) is 27.2 Å². The summed E-state index contributed by atoms with van der Waals surface area (Å²) >= 11 is 0. The van der Waals surface area contributed by atoms with Crippen molar-refractivity contribution in [1.82, 2.24) is 24.3 Å². The van der Waals surface area contributed by atoms with Gasteiger partial charge in [-0.2, -0.15) is 0 Å². The number of rotatable bonds is 5. The van der Waals surface area contributed by atoms with Crippen LogP contribution in [0, 0.1) is 5.41 Å². The molecule has 1 saturated heterocycles. The van der Waals surface area contributed by atoms with Gasteiger partial charge in [-0.05, 0) is 56.1 Å². The molecule has 0 unspecified atom stereocenters. The Morgan fingerprint density at radius 2 is 1.71 bits per heavy atom. The Hall–Kier alpha value is -2.96. The zero-order valence-electron chi connectivity index (χ0n) is 20.8. The van der Waals surface area contributed by atoms with Gasteiger partial charge in [-0.3, -0.25) is 4.98 Å². The second-order valence-corrected chi connectivity index (χ2v) is 11.3. The number of aromatic nitrogens is 3. The monoisotopic (exact) mass is 467 g/mol. The van der Waals surface area contributed by atoms with Crippen LogP contribution in [0.3, 0.4) is 0 Å². The molecule has 3 fully saturated rings. The average molecular weight is 468 g/mol. The molecule has 6 heteroatoms. The molecule has 0 radical (unpaired) electrons. The Balaban J connectivity index is 0.982. The molecule has 3 aromatic heterocycles. The molecule has 0 atom stereocenters. The van der Waals surface area contributed by atoms with Crippen molar-refractivity contribution >= 4 is 21.8 Å². The normalized spacial score (nSPS) is 24.0. The van der Waals surface area contributed by atoms with E-state index in [1.165, 1.54) is 47.7 Å². The van der Waals surface area contributed by atoms with Crippen molar-refractivity contribution in [1.29, 1.82) is 0 Å². The maximum absolute atomic E-state index is 6.21. The minimum Gasteiger partial charge on any atom is -0.474 e. The number of hydrogen-bond acceptors (Lipinski definition) is 5. The molecule has 180 valence electrons. The molecule has 2 saturated carbocycles. The van der Waals surface area contributed by atoms with Gasteiger partial charge in [-0.1, -0.05) is 12.1 Å².